The molecule has 0 bridgehead atoms. The van der Waals surface area contributed by atoms with Gasteiger partial charge in [-0.25, -0.2) is 4.79 Å². The zero-order valence-corrected chi connectivity index (χ0v) is 15.9. The van der Waals surface area contributed by atoms with E-state index >= 15 is 0 Å². The number of ether oxygens (including phenoxy) is 1. The van der Waals surface area contributed by atoms with Crippen LogP contribution in [-0.4, -0.2) is 30.8 Å². The highest BCUT2D eigenvalue weighted by atomic mass is 35.5. The van der Waals surface area contributed by atoms with Crippen LogP contribution in [0.4, 0.5) is 5.69 Å². The summed E-state index contributed by atoms with van der Waals surface area (Å²) in [6, 6.07) is 1.81. The van der Waals surface area contributed by atoms with Gasteiger partial charge in [0.1, 0.15) is 11.3 Å². The summed E-state index contributed by atoms with van der Waals surface area (Å²) in [6.45, 7) is 3.19. The van der Waals surface area contributed by atoms with Crippen LogP contribution in [0.15, 0.2) is 6.07 Å². The predicted octanol–water partition coefficient (Wildman–Crippen LogP) is 4.44. The molecule has 0 amide bonds. The molecule has 1 heterocycles. The lowest BCUT2D eigenvalue weighted by atomic mass is 9.83. The molecule has 0 aliphatic carbocycles. The molecule has 140 valence electrons. The molecular formula is C19H29ClN2O3. The van der Waals surface area contributed by atoms with Gasteiger partial charge in [-0.1, -0.05) is 37.8 Å². The van der Waals surface area contributed by atoms with Crippen molar-refractivity contribution in [2.75, 3.05) is 19.4 Å². The number of unbranched alkanes of at least 4 members (excludes halogenated alkanes) is 1. The fraction of sp³-hybridized carbons (Fsp3) is 0.632. The third kappa shape index (κ3) is 4.79. The summed E-state index contributed by atoms with van der Waals surface area (Å²) in [7, 11) is 1.49. The molecule has 2 rings (SSSR count). The standard InChI is InChI=1S/C19H29ClN2O3/c1-3-4-7-12(10-13-8-5-6-9-22-13)16-17(21)15(20)11-14(19(23)24)18(16)25-2/h11-13,22H,3-10,21H2,1-2H3,(H,23,24). The average molecular weight is 369 g/mol. The fourth-order valence-electron chi connectivity index (χ4n) is 3.75. The molecule has 1 aliphatic heterocycles. The summed E-state index contributed by atoms with van der Waals surface area (Å²) >= 11 is 6.25. The van der Waals surface area contributed by atoms with Gasteiger partial charge in [0.25, 0.3) is 0 Å². The number of carboxylic acids is 1. The molecule has 5 nitrogen and oxygen atoms in total. The highest BCUT2D eigenvalue weighted by molar-refractivity contribution is 6.33. The smallest absolute Gasteiger partial charge is 0.339 e. The number of piperidine rings is 1. The number of carbonyl (C=O) groups is 1. The Morgan fingerprint density at radius 3 is 2.84 bits per heavy atom. The summed E-state index contributed by atoms with van der Waals surface area (Å²) in [5, 5.41) is 13.4. The fourth-order valence-corrected chi connectivity index (χ4v) is 3.96. The van der Waals surface area contributed by atoms with Gasteiger partial charge in [-0.05, 0) is 44.2 Å². The van der Waals surface area contributed by atoms with Crippen LogP contribution in [0, 0.1) is 0 Å². The maximum atomic E-state index is 11.6. The molecule has 1 aromatic rings. The Kier molecular flexibility index (Phi) is 7.38. The van der Waals surface area contributed by atoms with E-state index < -0.39 is 5.97 Å². The Morgan fingerprint density at radius 2 is 2.28 bits per heavy atom. The predicted molar refractivity (Wildman–Crippen MR) is 102 cm³/mol. The van der Waals surface area contributed by atoms with Crippen molar-refractivity contribution in [2.45, 2.75) is 63.8 Å². The minimum atomic E-state index is -1.05. The summed E-state index contributed by atoms with van der Waals surface area (Å²) < 4.78 is 5.48. The van der Waals surface area contributed by atoms with Crippen molar-refractivity contribution in [1.29, 1.82) is 0 Å². The van der Waals surface area contributed by atoms with E-state index in [1.807, 2.05) is 0 Å². The number of nitrogen functional groups attached to an aromatic ring is 1. The number of nitrogens with one attached hydrogen (secondary N) is 1. The number of aromatic carboxylic acids is 1. The average Bonchev–Trinajstić information content (AvgIpc) is 2.61. The first-order chi connectivity index (χ1) is 12.0. The van der Waals surface area contributed by atoms with Gasteiger partial charge in [0.05, 0.1) is 17.8 Å². The summed E-state index contributed by atoms with van der Waals surface area (Å²) in [5.41, 5.74) is 7.56. The first-order valence-electron chi connectivity index (χ1n) is 9.12. The maximum Gasteiger partial charge on any atom is 0.339 e. The monoisotopic (exact) mass is 368 g/mol. The van der Waals surface area contributed by atoms with Gasteiger partial charge in [0.2, 0.25) is 0 Å². The number of halogens is 1. The van der Waals surface area contributed by atoms with Gasteiger partial charge in [-0.15, -0.1) is 0 Å². The zero-order valence-electron chi connectivity index (χ0n) is 15.1. The van der Waals surface area contributed by atoms with E-state index in [4.69, 9.17) is 22.1 Å². The van der Waals surface area contributed by atoms with Crippen LogP contribution in [0.25, 0.3) is 0 Å². The first kappa shape index (κ1) is 19.9. The van der Waals surface area contributed by atoms with Crippen LogP contribution < -0.4 is 15.8 Å². The molecular weight excluding hydrogens is 340 g/mol. The molecule has 2 unspecified atom stereocenters. The van der Waals surface area contributed by atoms with Crippen LogP contribution in [0.2, 0.25) is 5.02 Å². The van der Waals surface area contributed by atoms with Crippen molar-refractivity contribution >= 4 is 23.3 Å². The minimum absolute atomic E-state index is 0.0785. The molecule has 1 saturated heterocycles. The van der Waals surface area contributed by atoms with Crippen molar-refractivity contribution in [3.8, 4) is 5.75 Å². The molecule has 2 atom stereocenters. The molecule has 0 saturated carbocycles. The van der Waals surface area contributed by atoms with Crippen LogP contribution >= 0.6 is 11.6 Å². The molecule has 4 N–H and O–H groups in total. The van der Waals surface area contributed by atoms with E-state index in [2.05, 4.69) is 12.2 Å². The van der Waals surface area contributed by atoms with E-state index in [9.17, 15) is 9.90 Å². The molecule has 1 fully saturated rings. The summed E-state index contributed by atoms with van der Waals surface area (Å²) in [4.78, 5) is 11.6. The SMILES string of the molecule is CCCCC(CC1CCCCN1)c1c(N)c(Cl)cc(C(=O)O)c1OC. The number of nitrogens with two attached hydrogens (primary N) is 1. The lowest BCUT2D eigenvalue weighted by molar-refractivity contribution is 0.0693. The number of carboxylic acid groups (broad SMARTS) is 1. The first-order valence-corrected chi connectivity index (χ1v) is 9.49. The van der Waals surface area contributed by atoms with E-state index in [0.717, 1.165) is 44.2 Å². The van der Waals surface area contributed by atoms with Crippen molar-refractivity contribution in [3.05, 3.63) is 22.2 Å². The Balaban J connectivity index is 2.44. The van der Waals surface area contributed by atoms with E-state index in [-0.39, 0.29) is 16.5 Å². The van der Waals surface area contributed by atoms with Crippen LogP contribution in [-0.2, 0) is 0 Å². The summed E-state index contributed by atoms with van der Waals surface area (Å²) in [5.74, 6) is -0.571. The van der Waals surface area contributed by atoms with Gasteiger partial charge in [0, 0.05) is 11.6 Å². The number of anilines is 1. The third-order valence-electron chi connectivity index (χ3n) is 5.04. The van der Waals surface area contributed by atoms with E-state index in [0.29, 0.717) is 17.5 Å². The molecule has 0 aromatic heterocycles. The molecule has 1 aromatic carbocycles. The van der Waals surface area contributed by atoms with Crippen molar-refractivity contribution < 1.29 is 14.6 Å². The number of hydrogen-bond donors (Lipinski definition) is 3. The Bertz CT molecular complexity index is 601. The highest BCUT2D eigenvalue weighted by Crippen LogP contribution is 2.43. The second-order valence-corrected chi connectivity index (χ2v) is 7.20. The van der Waals surface area contributed by atoms with Crippen LogP contribution in [0.5, 0.6) is 5.75 Å². The number of hydrogen-bond acceptors (Lipinski definition) is 4. The molecule has 0 radical (unpaired) electrons. The van der Waals surface area contributed by atoms with Crippen molar-refractivity contribution in [3.63, 3.8) is 0 Å². The Labute approximate surface area is 154 Å². The Hall–Kier alpha value is -1.46. The van der Waals surface area contributed by atoms with Gasteiger partial charge < -0.3 is 20.9 Å². The van der Waals surface area contributed by atoms with Gasteiger partial charge in [0.15, 0.2) is 0 Å². The van der Waals surface area contributed by atoms with Gasteiger partial charge >= 0.3 is 5.97 Å². The highest BCUT2D eigenvalue weighted by Gasteiger charge is 2.28. The van der Waals surface area contributed by atoms with Crippen LogP contribution in [0.1, 0.15) is 73.7 Å². The van der Waals surface area contributed by atoms with Crippen LogP contribution in [0.3, 0.4) is 0 Å². The zero-order chi connectivity index (χ0) is 18.4. The van der Waals surface area contributed by atoms with Crippen molar-refractivity contribution in [2.24, 2.45) is 0 Å². The second-order valence-electron chi connectivity index (χ2n) is 6.79. The molecule has 25 heavy (non-hydrogen) atoms. The number of methoxy groups -OCH3 is 1. The van der Waals surface area contributed by atoms with E-state index in [1.165, 1.54) is 26.0 Å². The topological polar surface area (TPSA) is 84.6 Å². The lowest BCUT2D eigenvalue weighted by Gasteiger charge is -2.30. The summed E-state index contributed by atoms with van der Waals surface area (Å²) in [6.07, 6.45) is 7.55. The lowest BCUT2D eigenvalue weighted by Crippen LogP contribution is -2.35. The van der Waals surface area contributed by atoms with E-state index in [1.54, 1.807) is 0 Å². The molecule has 0 spiro atoms. The molecule has 6 heteroatoms. The van der Waals surface area contributed by atoms with Gasteiger partial charge in [-0.2, -0.15) is 0 Å². The van der Waals surface area contributed by atoms with Gasteiger partial charge in [-0.3, -0.25) is 0 Å². The third-order valence-corrected chi connectivity index (χ3v) is 5.35. The minimum Gasteiger partial charge on any atom is -0.495 e. The number of benzene rings is 1. The maximum absolute atomic E-state index is 11.6. The largest absolute Gasteiger partial charge is 0.495 e. The second kappa shape index (κ2) is 9.30. The number of rotatable bonds is 8. The Morgan fingerprint density at radius 1 is 1.52 bits per heavy atom. The normalized spacial score (nSPS) is 18.8. The quantitative estimate of drug-likeness (QED) is 0.591. The molecule has 1 aliphatic rings. The van der Waals surface area contributed by atoms with Crippen molar-refractivity contribution in [1.82, 2.24) is 5.32 Å².